The van der Waals surface area contributed by atoms with Crippen molar-refractivity contribution in [3.05, 3.63) is 41.0 Å². The molecule has 1 aromatic rings. The second-order valence-electron chi connectivity index (χ2n) is 5.70. The lowest BCUT2D eigenvalue weighted by molar-refractivity contribution is -0.137. The number of hydrogen-bond acceptors (Lipinski definition) is 1. The van der Waals surface area contributed by atoms with E-state index in [0.717, 1.165) is 25.0 Å². The fourth-order valence-electron chi connectivity index (χ4n) is 2.69. The first kappa shape index (κ1) is 14.9. The molecule has 2 aliphatic rings. The van der Waals surface area contributed by atoms with Crippen molar-refractivity contribution in [3.63, 3.8) is 0 Å². The van der Waals surface area contributed by atoms with Gasteiger partial charge in [0, 0.05) is 18.8 Å². The first-order valence-electron chi connectivity index (χ1n) is 7.36. The average Bonchev–Trinajstić information content (AvgIpc) is 3.32. The fraction of sp³-hybridized carbons (Fsp3) is 0.438. The van der Waals surface area contributed by atoms with Gasteiger partial charge in [-0.1, -0.05) is 11.1 Å². The van der Waals surface area contributed by atoms with Crippen molar-refractivity contribution in [2.24, 2.45) is 0 Å². The Morgan fingerprint density at radius 1 is 0.955 bits per heavy atom. The van der Waals surface area contributed by atoms with Crippen LogP contribution in [0.4, 0.5) is 23.7 Å². The highest BCUT2D eigenvalue weighted by Crippen LogP contribution is 2.36. The molecule has 3 rings (SSSR count). The molecule has 0 unspecified atom stereocenters. The minimum Gasteiger partial charge on any atom is -0.324 e. The van der Waals surface area contributed by atoms with Crippen molar-refractivity contribution in [2.75, 3.05) is 18.4 Å². The lowest BCUT2D eigenvalue weighted by Crippen LogP contribution is -2.39. The van der Waals surface area contributed by atoms with Crippen molar-refractivity contribution >= 4 is 11.7 Å². The summed E-state index contributed by atoms with van der Waals surface area (Å²) in [4.78, 5) is 13.8. The normalized spacial score (nSPS) is 18.4. The van der Waals surface area contributed by atoms with Crippen LogP contribution in [0.2, 0.25) is 0 Å². The maximum Gasteiger partial charge on any atom is 0.416 e. The summed E-state index contributed by atoms with van der Waals surface area (Å²) in [5.41, 5.74) is 2.69. The molecule has 0 aromatic heterocycles. The van der Waals surface area contributed by atoms with E-state index in [2.05, 4.69) is 5.32 Å². The van der Waals surface area contributed by atoms with Crippen molar-refractivity contribution < 1.29 is 18.0 Å². The maximum atomic E-state index is 12.5. The van der Waals surface area contributed by atoms with E-state index in [0.29, 0.717) is 18.8 Å². The second-order valence-corrected chi connectivity index (χ2v) is 5.70. The number of alkyl halides is 3. The Balaban J connectivity index is 1.56. The number of halogens is 3. The third-order valence-corrected chi connectivity index (χ3v) is 4.12. The van der Waals surface area contributed by atoms with E-state index < -0.39 is 11.7 Å². The van der Waals surface area contributed by atoms with Crippen molar-refractivity contribution in [3.8, 4) is 0 Å². The number of carbonyl (C=O) groups excluding carboxylic acids is 1. The number of piperidine rings is 1. The number of nitrogens with one attached hydrogen (secondary N) is 1. The summed E-state index contributed by atoms with van der Waals surface area (Å²) in [5.74, 6) is 0. The number of allylic oxidation sites excluding steroid dienone is 1. The van der Waals surface area contributed by atoms with E-state index in [9.17, 15) is 18.0 Å². The fourth-order valence-corrected chi connectivity index (χ4v) is 2.69. The van der Waals surface area contributed by atoms with E-state index in [1.54, 1.807) is 10.5 Å². The van der Waals surface area contributed by atoms with E-state index >= 15 is 0 Å². The molecule has 6 heteroatoms. The Morgan fingerprint density at radius 2 is 1.50 bits per heavy atom. The molecule has 1 saturated heterocycles. The van der Waals surface area contributed by atoms with Gasteiger partial charge in [-0.2, -0.15) is 13.2 Å². The highest BCUT2D eigenvalue weighted by molar-refractivity contribution is 5.89. The molecule has 1 saturated carbocycles. The zero-order valence-corrected chi connectivity index (χ0v) is 12.0. The van der Waals surface area contributed by atoms with Crippen LogP contribution in [-0.4, -0.2) is 24.0 Å². The number of likely N-dealkylation sites (tertiary alicyclic amines) is 1. The molecule has 0 spiro atoms. The number of benzene rings is 1. The van der Waals surface area contributed by atoms with E-state index in [1.807, 2.05) is 0 Å². The summed E-state index contributed by atoms with van der Waals surface area (Å²) in [6.07, 6.45) is -0.131. The van der Waals surface area contributed by atoms with Gasteiger partial charge in [0.05, 0.1) is 5.56 Å². The molecule has 0 atom stereocenters. The van der Waals surface area contributed by atoms with Gasteiger partial charge < -0.3 is 10.2 Å². The highest BCUT2D eigenvalue weighted by atomic mass is 19.4. The summed E-state index contributed by atoms with van der Waals surface area (Å²) in [6.45, 7) is 1.34. The largest absolute Gasteiger partial charge is 0.416 e. The molecule has 1 heterocycles. The van der Waals surface area contributed by atoms with Gasteiger partial charge in [-0.05, 0) is 49.9 Å². The van der Waals surface area contributed by atoms with Crippen LogP contribution in [0, 0.1) is 0 Å². The van der Waals surface area contributed by atoms with E-state index in [1.165, 1.54) is 30.5 Å². The Labute approximate surface area is 126 Å². The van der Waals surface area contributed by atoms with Gasteiger partial charge in [-0.25, -0.2) is 4.79 Å². The Morgan fingerprint density at radius 3 is 2.00 bits per heavy atom. The third-order valence-electron chi connectivity index (χ3n) is 4.12. The number of carbonyl (C=O) groups is 1. The molecule has 1 aliphatic heterocycles. The van der Waals surface area contributed by atoms with Crippen LogP contribution in [0.1, 0.15) is 31.2 Å². The topological polar surface area (TPSA) is 32.3 Å². The summed E-state index contributed by atoms with van der Waals surface area (Å²) >= 11 is 0. The molecular formula is C16H17F3N2O. The molecule has 1 N–H and O–H groups in total. The van der Waals surface area contributed by atoms with Gasteiger partial charge in [0.15, 0.2) is 0 Å². The van der Waals surface area contributed by atoms with Crippen LogP contribution < -0.4 is 5.32 Å². The first-order chi connectivity index (χ1) is 10.4. The predicted octanol–water partition coefficient (Wildman–Crippen LogP) is 4.42. The minimum atomic E-state index is -4.36. The number of hydrogen-bond donors (Lipinski definition) is 1. The molecule has 2 fully saturated rings. The van der Waals surface area contributed by atoms with Crippen molar-refractivity contribution in [1.29, 1.82) is 0 Å². The van der Waals surface area contributed by atoms with Gasteiger partial charge in [0.2, 0.25) is 0 Å². The molecular weight excluding hydrogens is 293 g/mol. The van der Waals surface area contributed by atoms with Crippen molar-refractivity contribution in [2.45, 2.75) is 31.9 Å². The minimum absolute atomic E-state index is 0.250. The van der Waals surface area contributed by atoms with Gasteiger partial charge in [-0.3, -0.25) is 0 Å². The molecule has 3 nitrogen and oxygen atoms in total. The van der Waals surface area contributed by atoms with Gasteiger partial charge >= 0.3 is 12.2 Å². The molecule has 22 heavy (non-hydrogen) atoms. The molecule has 0 bridgehead atoms. The third kappa shape index (κ3) is 3.43. The van der Waals surface area contributed by atoms with Gasteiger partial charge in [-0.15, -0.1) is 0 Å². The number of nitrogens with zero attached hydrogens (tertiary/aromatic N) is 1. The van der Waals surface area contributed by atoms with Crippen molar-refractivity contribution in [1.82, 2.24) is 4.90 Å². The van der Waals surface area contributed by atoms with Crippen LogP contribution in [0.3, 0.4) is 0 Å². The Hall–Kier alpha value is -1.98. The molecule has 2 amide bonds. The maximum absolute atomic E-state index is 12.5. The number of urea groups is 1. The quantitative estimate of drug-likeness (QED) is 0.765. The summed E-state index contributed by atoms with van der Waals surface area (Å²) in [5, 5.41) is 2.65. The molecule has 0 radical (unpaired) electrons. The smallest absolute Gasteiger partial charge is 0.324 e. The predicted molar refractivity (Wildman–Crippen MR) is 77.5 cm³/mol. The SMILES string of the molecule is O=C(Nc1ccc(C(F)(F)F)cc1)N1CCC(=C2CC2)CC1. The Kier molecular flexibility index (Phi) is 3.85. The first-order valence-corrected chi connectivity index (χ1v) is 7.36. The lowest BCUT2D eigenvalue weighted by atomic mass is 10.0. The van der Waals surface area contributed by atoms with Crippen LogP contribution in [-0.2, 0) is 6.18 Å². The van der Waals surface area contributed by atoms with E-state index in [4.69, 9.17) is 0 Å². The summed E-state index contributed by atoms with van der Waals surface area (Å²) in [6, 6.07) is 4.26. The van der Waals surface area contributed by atoms with Crippen LogP contribution in [0.15, 0.2) is 35.4 Å². The standard InChI is InChI=1S/C16H17F3N2O/c17-16(18,19)13-3-5-14(6-4-13)20-15(22)21-9-7-12(8-10-21)11-1-2-11/h3-6H,1-2,7-10H2,(H,20,22). The zero-order valence-electron chi connectivity index (χ0n) is 12.0. The summed E-state index contributed by atoms with van der Waals surface area (Å²) in [7, 11) is 0. The van der Waals surface area contributed by atoms with Crippen LogP contribution >= 0.6 is 0 Å². The Bertz CT molecular complexity index is 589. The monoisotopic (exact) mass is 310 g/mol. The number of anilines is 1. The molecule has 118 valence electrons. The highest BCUT2D eigenvalue weighted by Gasteiger charge is 2.30. The van der Waals surface area contributed by atoms with Crippen LogP contribution in [0.5, 0.6) is 0 Å². The van der Waals surface area contributed by atoms with E-state index in [-0.39, 0.29) is 6.03 Å². The molecule has 1 aliphatic carbocycles. The van der Waals surface area contributed by atoms with Gasteiger partial charge in [0.25, 0.3) is 0 Å². The number of amides is 2. The van der Waals surface area contributed by atoms with Crippen LogP contribution in [0.25, 0.3) is 0 Å². The zero-order chi connectivity index (χ0) is 15.7. The summed E-state index contributed by atoms with van der Waals surface area (Å²) < 4.78 is 37.4. The average molecular weight is 310 g/mol. The second kappa shape index (κ2) is 5.66. The lowest BCUT2D eigenvalue weighted by Gasteiger charge is -2.28. The van der Waals surface area contributed by atoms with Gasteiger partial charge in [0.1, 0.15) is 0 Å². The molecule has 1 aromatic carbocycles. The number of rotatable bonds is 1.